The lowest BCUT2D eigenvalue weighted by Crippen LogP contribution is -2.30. The monoisotopic (exact) mass is 533 g/mol. The molecule has 1 aromatic carbocycles. The van der Waals surface area contributed by atoms with Gasteiger partial charge in [0.15, 0.2) is 0 Å². The molecule has 0 spiro atoms. The van der Waals surface area contributed by atoms with Gasteiger partial charge in [0, 0.05) is 34.5 Å². The third kappa shape index (κ3) is 4.71. The Morgan fingerprint density at radius 2 is 1.92 bits per heavy atom. The zero-order chi connectivity index (χ0) is 26.2. The Bertz CT molecular complexity index is 1780. The van der Waals surface area contributed by atoms with Gasteiger partial charge < -0.3 is 15.6 Å². The van der Waals surface area contributed by atoms with E-state index in [0.717, 1.165) is 70.4 Å². The molecule has 8 nitrogen and oxygen atoms in total. The minimum atomic E-state index is 0.0296. The molecule has 4 N–H and O–H groups in total. The largest absolute Gasteiger partial charge is 0.353 e. The summed E-state index contributed by atoms with van der Waals surface area (Å²) in [5.74, 6) is 0.457. The van der Waals surface area contributed by atoms with E-state index in [2.05, 4.69) is 76.9 Å². The second-order valence-electron chi connectivity index (χ2n) is 10.1. The van der Waals surface area contributed by atoms with Gasteiger partial charge in [-0.2, -0.15) is 16.4 Å². The number of piperidine rings is 1. The first-order valence-electron chi connectivity index (χ1n) is 13.2. The van der Waals surface area contributed by atoms with Crippen LogP contribution in [0.25, 0.3) is 55.6 Å². The Balaban J connectivity index is 1.19. The number of fused-ring (bicyclic) bond motifs is 2. The van der Waals surface area contributed by atoms with E-state index < -0.39 is 0 Å². The van der Waals surface area contributed by atoms with Crippen molar-refractivity contribution in [2.75, 3.05) is 18.4 Å². The number of H-pyrrole nitrogens is 2. The number of hydrogen-bond donors (Lipinski definition) is 4. The Labute approximate surface area is 228 Å². The SMILES string of the molecule is O=C(CC1CCNCC1)Nc1cncc(-c2cc3c(-c4cc5c(-c6ccsc6)cccc5[nH]4)n[nH]c3cn2)c1. The van der Waals surface area contributed by atoms with E-state index in [1.165, 1.54) is 11.1 Å². The van der Waals surface area contributed by atoms with Gasteiger partial charge in [0.1, 0.15) is 5.69 Å². The van der Waals surface area contributed by atoms with Crippen molar-refractivity contribution in [3.05, 3.63) is 71.8 Å². The summed E-state index contributed by atoms with van der Waals surface area (Å²) in [5, 5.41) is 20.5. The van der Waals surface area contributed by atoms with Gasteiger partial charge in [0.25, 0.3) is 0 Å². The average Bonchev–Trinajstić information content (AvgIpc) is 3.73. The molecule has 0 atom stereocenters. The predicted octanol–water partition coefficient (Wildman–Crippen LogP) is 6.22. The molecule has 0 saturated carbocycles. The molecule has 7 rings (SSSR count). The number of carbonyl (C=O) groups excluding carboxylic acids is 1. The van der Waals surface area contributed by atoms with Gasteiger partial charge in [-0.1, -0.05) is 12.1 Å². The number of nitrogens with one attached hydrogen (secondary N) is 4. The molecule has 1 amide bonds. The molecule has 39 heavy (non-hydrogen) atoms. The molecule has 1 saturated heterocycles. The van der Waals surface area contributed by atoms with Crippen molar-refractivity contribution in [2.24, 2.45) is 5.92 Å². The van der Waals surface area contributed by atoms with Crippen LogP contribution in [0.3, 0.4) is 0 Å². The van der Waals surface area contributed by atoms with E-state index >= 15 is 0 Å². The molecular weight excluding hydrogens is 506 g/mol. The van der Waals surface area contributed by atoms with E-state index in [0.29, 0.717) is 18.0 Å². The molecule has 1 aliphatic rings. The summed E-state index contributed by atoms with van der Waals surface area (Å²) in [6, 6.07) is 14.6. The number of benzene rings is 1. The summed E-state index contributed by atoms with van der Waals surface area (Å²) in [7, 11) is 0. The second kappa shape index (κ2) is 10.1. The van der Waals surface area contributed by atoms with Crippen LogP contribution < -0.4 is 10.6 Å². The number of hydrogen-bond acceptors (Lipinski definition) is 6. The fourth-order valence-electron chi connectivity index (χ4n) is 5.44. The number of carbonyl (C=O) groups is 1. The lowest BCUT2D eigenvalue weighted by molar-refractivity contribution is -0.117. The molecule has 0 aliphatic carbocycles. The zero-order valence-electron chi connectivity index (χ0n) is 21.2. The molecule has 9 heteroatoms. The molecular formula is C30H27N7OS. The molecule has 0 radical (unpaired) electrons. The fraction of sp³-hybridized carbons (Fsp3) is 0.200. The number of thiophene rings is 1. The van der Waals surface area contributed by atoms with Crippen molar-refractivity contribution >= 4 is 44.7 Å². The van der Waals surface area contributed by atoms with Crippen molar-refractivity contribution in [3.63, 3.8) is 0 Å². The third-order valence-electron chi connectivity index (χ3n) is 7.45. The summed E-state index contributed by atoms with van der Waals surface area (Å²) in [6.45, 7) is 1.96. The Hall–Kier alpha value is -4.34. The van der Waals surface area contributed by atoms with Crippen LogP contribution in [0, 0.1) is 5.92 Å². The van der Waals surface area contributed by atoms with Gasteiger partial charge in [-0.25, -0.2) is 0 Å². The molecule has 1 fully saturated rings. The quantitative estimate of drug-likeness (QED) is 0.203. The van der Waals surface area contributed by atoms with Gasteiger partial charge in [-0.3, -0.25) is 19.9 Å². The maximum absolute atomic E-state index is 12.7. The number of nitrogens with zero attached hydrogens (tertiary/aromatic N) is 3. The normalized spacial score (nSPS) is 14.3. The highest BCUT2D eigenvalue weighted by Crippen LogP contribution is 2.35. The van der Waals surface area contributed by atoms with Crippen LogP contribution in [-0.2, 0) is 4.79 Å². The van der Waals surface area contributed by atoms with Gasteiger partial charge >= 0.3 is 0 Å². The van der Waals surface area contributed by atoms with E-state index in [1.807, 2.05) is 12.1 Å². The summed E-state index contributed by atoms with van der Waals surface area (Å²) in [6.07, 6.45) is 7.85. The smallest absolute Gasteiger partial charge is 0.224 e. The van der Waals surface area contributed by atoms with Gasteiger partial charge in [0.2, 0.25) is 5.91 Å². The second-order valence-corrected chi connectivity index (χ2v) is 10.8. The van der Waals surface area contributed by atoms with E-state index in [9.17, 15) is 4.79 Å². The van der Waals surface area contributed by atoms with Crippen molar-refractivity contribution in [1.82, 2.24) is 30.5 Å². The van der Waals surface area contributed by atoms with E-state index in [1.54, 1.807) is 29.9 Å². The molecule has 0 bridgehead atoms. The summed E-state index contributed by atoms with van der Waals surface area (Å²) in [5.41, 5.74) is 8.38. The summed E-state index contributed by atoms with van der Waals surface area (Å²) >= 11 is 1.70. The number of pyridine rings is 2. The molecule has 6 aromatic rings. The standard InChI is InChI=1S/C30H27N7OS/c38-29(10-18-4-7-31-8-5-18)34-21-11-20(14-32-15-21)26-13-24-28(16-33-26)36-37-30(24)27-12-23-22(19-6-9-39-17-19)2-1-3-25(23)35-27/h1-3,6,9,11-18,31,35H,4-5,7-8,10H2,(H,34,38)(H,36,37). The molecule has 1 aliphatic heterocycles. The molecule has 6 heterocycles. The number of amides is 1. The predicted molar refractivity (Wildman–Crippen MR) is 157 cm³/mol. The topological polar surface area (TPSA) is 111 Å². The van der Waals surface area contributed by atoms with Crippen LogP contribution in [0.4, 0.5) is 5.69 Å². The Kier molecular flexibility index (Phi) is 6.14. The van der Waals surface area contributed by atoms with Crippen LogP contribution in [0.1, 0.15) is 19.3 Å². The van der Waals surface area contributed by atoms with Crippen molar-refractivity contribution in [3.8, 4) is 33.8 Å². The highest BCUT2D eigenvalue weighted by atomic mass is 32.1. The highest BCUT2D eigenvalue weighted by Gasteiger charge is 2.18. The number of aromatic amines is 2. The third-order valence-corrected chi connectivity index (χ3v) is 8.13. The molecule has 5 aromatic heterocycles. The first-order chi connectivity index (χ1) is 19.2. The molecule has 194 valence electrons. The van der Waals surface area contributed by atoms with E-state index in [4.69, 9.17) is 0 Å². The van der Waals surface area contributed by atoms with E-state index in [-0.39, 0.29) is 5.91 Å². The summed E-state index contributed by atoms with van der Waals surface area (Å²) < 4.78 is 0. The van der Waals surface area contributed by atoms with Crippen molar-refractivity contribution < 1.29 is 4.79 Å². The molecule has 0 unspecified atom stereocenters. The van der Waals surface area contributed by atoms with Gasteiger partial charge in [-0.15, -0.1) is 0 Å². The number of aromatic nitrogens is 5. The van der Waals surface area contributed by atoms with Gasteiger partial charge in [-0.05, 0) is 84.1 Å². The average molecular weight is 534 g/mol. The maximum atomic E-state index is 12.7. The zero-order valence-corrected chi connectivity index (χ0v) is 22.0. The Morgan fingerprint density at radius 3 is 2.79 bits per heavy atom. The number of rotatable bonds is 6. The van der Waals surface area contributed by atoms with Crippen molar-refractivity contribution in [2.45, 2.75) is 19.3 Å². The minimum Gasteiger partial charge on any atom is -0.353 e. The maximum Gasteiger partial charge on any atom is 0.224 e. The van der Waals surface area contributed by atoms with Crippen molar-refractivity contribution in [1.29, 1.82) is 0 Å². The highest BCUT2D eigenvalue weighted by molar-refractivity contribution is 7.08. The lowest BCUT2D eigenvalue weighted by Gasteiger charge is -2.21. The fourth-order valence-corrected chi connectivity index (χ4v) is 6.10. The van der Waals surface area contributed by atoms with Gasteiger partial charge in [0.05, 0.1) is 35.0 Å². The van der Waals surface area contributed by atoms with Crippen LogP contribution in [0.15, 0.2) is 71.8 Å². The van der Waals surface area contributed by atoms with Crippen LogP contribution in [0.5, 0.6) is 0 Å². The number of anilines is 1. The minimum absolute atomic E-state index is 0.0296. The summed E-state index contributed by atoms with van der Waals surface area (Å²) in [4.78, 5) is 25.2. The lowest BCUT2D eigenvalue weighted by atomic mass is 9.94. The Morgan fingerprint density at radius 1 is 1.00 bits per heavy atom. The first kappa shape index (κ1) is 23.8. The first-order valence-corrected chi connectivity index (χ1v) is 14.1. The van der Waals surface area contributed by atoms with Crippen LogP contribution >= 0.6 is 11.3 Å². The van der Waals surface area contributed by atoms with Crippen LogP contribution in [0.2, 0.25) is 0 Å². The van der Waals surface area contributed by atoms with Crippen LogP contribution in [-0.4, -0.2) is 44.1 Å².